The van der Waals surface area contributed by atoms with Gasteiger partial charge in [-0.05, 0) is 11.9 Å². The SMILES string of the molecule is CC(=O)OC(=O)CSN1C(=O)CCC1=O. The smallest absolute Gasteiger partial charge is 0.325 e. The molecule has 1 rings (SSSR count). The summed E-state index contributed by atoms with van der Waals surface area (Å²) < 4.78 is 5.16. The van der Waals surface area contributed by atoms with Crippen LogP contribution in [0.2, 0.25) is 0 Å². The molecule has 0 unspecified atom stereocenters. The fraction of sp³-hybridized carbons (Fsp3) is 0.500. The molecule has 0 aromatic heterocycles. The summed E-state index contributed by atoms with van der Waals surface area (Å²) in [5.41, 5.74) is 0. The van der Waals surface area contributed by atoms with Crippen molar-refractivity contribution in [3.05, 3.63) is 0 Å². The first kappa shape index (κ1) is 11.7. The summed E-state index contributed by atoms with van der Waals surface area (Å²) in [5.74, 6) is -2.34. The van der Waals surface area contributed by atoms with E-state index in [9.17, 15) is 19.2 Å². The quantitative estimate of drug-likeness (QED) is 0.291. The van der Waals surface area contributed by atoms with Crippen LogP contribution in [0.4, 0.5) is 0 Å². The highest BCUT2D eigenvalue weighted by Crippen LogP contribution is 2.21. The van der Waals surface area contributed by atoms with Crippen molar-refractivity contribution in [2.75, 3.05) is 5.75 Å². The number of imide groups is 1. The van der Waals surface area contributed by atoms with E-state index in [4.69, 9.17) is 0 Å². The van der Waals surface area contributed by atoms with Gasteiger partial charge in [-0.3, -0.25) is 19.2 Å². The van der Waals surface area contributed by atoms with Gasteiger partial charge < -0.3 is 4.74 Å². The molecular formula is C8H9NO5S. The summed E-state index contributed by atoms with van der Waals surface area (Å²) in [4.78, 5) is 43.5. The maximum atomic E-state index is 11.1. The molecule has 1 heterocycles. The Balaban J connectivity index is 2.36. The van der Waals surface area contributed by atoms with Crippen molar-refractivity contribution >= 4 is 35.7 Å². The molecule has 1 aliphatic rings. The first-order chi connectivity index (χ1) is 7.00. The third kappa shape index (κ3) is 3.35. The van der Waals surface area contributed by atoms with Crippen LogP contribution in [0.15, 0.2) is 0 Å². The predicted molar refractivity (Wildman–Crippen MR) is 50.3 cm³/mol. The van der Waals surface area contributed by atoms with Gasteiger partial charge in [-0.1, -0.05) is 0 Å². The van der Waals surface area contributed by atoms with Crippen molar-refractivity contribution in [3.8, 4) is 0 Å². The molecule has 1 aliphatic heterocycles. The maximum Gasteiger partial charge on any atom is 0.325 e. The lowest BCUT2D eigenvalue weighted by atomic mass is 10.4. The monoisotopic (exact) mass is 231 g/mol. The molecule has 1 saturated heterocycles. The van der Waals surface area contributed by atoms with E-state index < -0.39 is 11.9 Å². The highest BCUT2D eigenvalue weighted by Gasteiger charge is 2.30. The van der Waals surface area contributed by atoms with E-state index in [1.165, 1.54) is 0 Å². The standard InChI is InChI=1S/C8H9NO5S/c1-5(10)14-8(13)4-15-9-6(11)2-3-7(9)12/h2-4H2,1H3. The van der Waals surface area contributed by atoms with Gasteiger partial charge in [-0.25, -0.2) is 4.31 Å². The zero-order valence-electron chi connectivity index (χ0n) is 8.02. The topological polar surface area (TPSA) is 80.8 Å². The summed E-state index contributed by atoms with van der Waals surface area (Å²) in [7, 11) is 0. The Morgan fingerprint density at radius 1 is 1.33 bits per heavy atom. The van der Waals surface area contributed by atoms with E-state index in [0.717, 1.165) is 23.2 Å². The second-order valence-electron chi connectivity index (χ2n) is 2.82. The van der Waals surface area contributed by atoms with Crippen LogP contribution in [0.5, 0.6) is 0 Å². The van der Waals surface area contributed by atoms with Gasteiger partial charge in [-0.15, -0.1) is 0 Å². The van der Waals surface area contributed by atoms with Crippen LogP contribution in [-0.2, 0) is 23.9 Å². The van der Waals surface area contributed by atoms with Gasteiger partial charge in [-0.2, -0.15) is 0 Å². The molecular weight excluding hydrogens is 222 g/mol. The number of rotatable bonds is 3. The van der Waals surface area contributed by atoms with Gasteiger partial charge >= 0.3 is 11.9 Å². The minimum atomic E-state index is -0.764. The molecule has 82 valence electrons. The van der Waals surface area contributed by atoms with Gasteiger partial charge in [0.1, 0.15) is 5.75 Å². The number of hydrogen-bond acceptors (Lipinski definition) is 6. The van der Waals surface area contributed by atoms with E-state index in [-0.39, 0.29) is 30.4 Å². The average Bonchev–Trinajstić information content (AvgIpc) is 2.42. The number of carbonyl (C=O) groups excluding carboxylic acids is 4. The number of esters is 2. The lowest BCUT2D eigenvalue weighted by Gasteiger charge is -2.10. The molecule has 1 fully saturated rings. The van der Waals surface area contributed by atoms with Crippen molar-refractivity contribution in [1.29, 1.82) is 0 Å². The van der Waals surface area contributed by atoms with E-state index in [1.807, 2.05) is 0 Å². The first-order valence-corrected chi connectivity index (χ1v) is 5.15. The lowest BCUT2D eigenvalue weighted by Crippen LogP contribution is -2.24. The molecule has 0 aromatic carbocycles. The minimum Gasteiger partial charge on any atom is -0.393 e. The van der Waals surface area contributed by atoms with E-state index >= 15 is 0 Å². The van der Waals surface area contributed by atoms with E-state index in [1.54, 1.807) is 0 Å². The zero-order valence-corrected chi connectivity index (χ0v) is 8.83. The molecule has 15 heavy (non-hydrogen) atoms. The molecule has 0 spiro atoms. The third-order valence-electron chi connectivity index (χ3n) is 1.57. The first-order valence-electron chi connectivity index (χ1n) is 4.20. The lowest BCUT2D eigenvalue weighted by molar-refractivity contribution is -0.156. The molecule has 0 radical (unpaired) electrons. The van der Waals surface area contributed by atoms with Crippen LogP contribution in [0.25, 0.3) is 0 Å². The third-order valence-corrected chi connectivity index (χ3v) is 2.61. The predicted octanol–water partition coefficient (Wildman–Crippen LogP) is -0.127. The average molecular weight is 231 g/mol. The number of nitrogens with zero attached hydrogens (tertiary/aromatic N) is 1. The maximum absolute atomic E-state index is 11.1. The van der Waals surface area contributed by atoms with Gasteiger partial charge in [0.25, 0.3) is 0 Å². The largest absolute Gasteiger partial charge is 0.393 e. The Hall–Kier alpha value is -1.37. The van der Waals surface area contributed by atoms with E-state index in [2.05, 4.69) is 4.74 Å². The molecule has 0 bridgehead atoms. The van der Waals surface area contributed by atoms with Crippen molar-refractivity contribution in [3.63, 3.8) is 0 Å². The summed E-state index contributed by atoms with van der Waals surface area (Å²) in [6.45, 7) is 1.11. The second kappa shape index (κ2) is 4.92. The van der Waals surface area contributed by atoms with Gasteiger partial charge in [0.2, 0.25) is 11.8 Å². The molecule has 0 N–H and O–H groups in total. The summed E-state index contributed by atoms with van der Waals surface area (Å²) in [6, 6.07) is 0. The Kier molecular flexibility index (Phi) is 3.84. The number of hydrogen-bond donors (Lipinski definition) is 0. The molecule has 0 saturated carbocycles. The minimum absolute atomic E-state index is 0.174. The second-order valence-corrected chi connectivity index (χ2v) is 3.73. The highest BCUT2D eigenvalue weighted by molar-refractivity contribution is 7.98. The molecule has 0 aliphatic carbocycles. The number of amides is 2. The Labute approximate surface area is 90.1 Å². The molecule has 6 nitrogen and oxygen atoms in total. The van der Waals surface area contributed by atoms with Crippen molar-refractivity contribution in [2.24, 2.45) is 0 Å². The fourth-order valence-corrected chi connectivity index (χ4v) is 1.77. The van der Waals surface area contributed by atoms with Crippen molar-refractivity contribution < 1.29 is 23.9 Å². The Morgan fingerprint density at radius 2 is 1.87 bits per heavy atom. The van der Waals surface area contributed by atoms with Gasteiger partial charge in [0.15, 0.2) is 0 Å². The van der Waals surface area contributed by atoms with Crippen LogP contribution >= 0.6 is 11.9 Å². The summed E-state index contributed by atoms with van der Waals surface area (Å²) >= 11 is 0.758. The molecule has 0 atom stereocenters. The van der Waals surface area contributed by atoms with Crippen LogP contribution in [0, 0.1) is 0 Å². The van der Waals surface area contributed by atoms with Crippen molar-refractivity contribution in [1.82, 2.24) is 4.31 Å². The molecule has 2 amide bonds. The molecule has 0 aromatic rings. The zero-order chi connectivity index (χ0) is 11.4. The van der Waals surface area contributed by atoms with Crippen LogP contribution in [-0.4, -0.2) is 33.8 Å². The Morgan fingerprint density at radius 3 is 2.33 bits per heavy atom. The van der Waals surface area contributed by atoms with E-state index in [0.29, 0.717) is 0 Å². The Bertz CT molecular complexity index is 311. The summed E-state index contributed by atoms with van der Waals surface area (Å²) in [5, 5.41) is 0. The number of ether oxygens (including phenoxy) is 1. The summed E-state index contributed by atoms with van der Waals surface area (Å²) in [6.07, 6.45) is 0.348. The van der Waals surface area contributed by atoms with Crippen LogP contribution in [0.3, 0.4) is 0 Å². The van der Waals surface area contributed by atoms with Crippen molar-refractivity contribution in [2.45, 2.75) is 19.8 Å². The van der Waals surface area contributed by atoms with Gasteiger partial charge in [0, 0.05) is 19.8 Å². The fourth-order valence-electron chi connectivity index (χ4n) is 1.01. The van der Waals surface area contributed by atoms with Crippen LogP contribution < -0.4 is 0 Å². The normalized spacial score (nSPS) is 15.7. The highest BCUT2D eigenvalue weighted by atomic mass is 32.2. The van der Waals surface area contributed by atoms with Crippen LogP contribution in [0.1, 0.15) is 19.8 Å². The number of carbonyl (C=O) groups is 4. The molecule has 7 heteroatoms. The van der Waals surface area contributed by atoms with Gasteiger partial charge in [0.05, 0.1) is 0 Å².